The Morgan fingerprint density at radius 1 is 1.23 bits per heavy atom. The molecular weight excluding hydrogens is 333 g/mol. The zero-order valence-corrected chi connectivity index (χ0v) is 14.3. The van der Waals surface area contributed by atoms with E-state index in [2.05, 4.69) is 25.2 Å². The zero-order valence-electron chi connectivity index (χ0n) is 14.3. The lowest BCUT2D eigenvalue weighted by molar-refractivity contribution is 0.0940. The quantitative estimate of drug-likeness (QED) is 0.756. The molecule has 0 radical (unpaired) electrons. The molecule has 1 saturated heterocycles. The van der Waals surface area contributed by atoms with Gasteiger partial charge in [0, 0.05) is 30.5 Å². The predicted molar refractivity (Wildman–Crippen MR) is 97.6 cm³/mol. The average molecular weight is 353 g/mol. The molecule has 134 valence electrons. The molecule has 7 heteroatoms. The molecule has 4 rings (SSSR count). The summed E-state index contributed by atoms with van der Waals surface area (Å²) in [6, 6.07) is 9.71. The zero-order chi connectivity index (χ0) is 17.9. The second kappa shape index (κ2) is 7.11. The van der Waals surface area contributed by atoms with Crippen LogP contribution in [0, 0.1) is 11.7 Å². The SMILES string of the molecule is O=C(NCC1CCN(c2ncc(F)cn2)CC1)c1cc2ccccc2[nH]1. The van der Waals surface area contributed by atoms with Crippen LogP contribution < -0.4 is 10.2 Å². The van der Waals surface area contributed by atoms with Gasteiger partial charge in [-0.3, -0.25) is 4.79 Å². The number of carbonyl (C=O) groups is 1. The van der Waals surface area contributed by atoms with Crippen molar-refractivity contribution in [1.29, 1.82) is 0 Å². The van der Waals surface area contributed by atoms with Gasteiger partial charge >= 0.3 is 0 Å². The van der Waals surface area contributed by atoms with Crippen LogP contribution in [-0.4, -0.2) is 40.5 Å². The molecule has 0 aliphatic carbocycles. The fourth-order valence-corrected chi connectivity index (χ4v) is 3.33. The summed E-state index contributed by atoms with van der Waals surface area (Å²) in [5, 5.41) is 4.05. The maximum atomic E-state index is 12.9. The first kappa shape index (κ1) is 16.5. The number of hydrogen-bond acceptors (Lipinski definition) is 4. The van der Waals surface area contributed by atoms with Crippen molar-refractivity contribution in [2.45, 2.75) is 12.8 Å². The molecule has 6 nitrogen and oxygen atoms in total. The van der Waals surface area contributed by atoms with Crippen molar-refractivity contribution in [3.63, 3.8) is 0 Å². The first-order valence-electron chi connectivity index (χ1n) is 8.77. The number of para-hydroxylation sites is 1. The molecule has 0 saturated carbocycles. The van der Waals surface area contributed by atoms with E-state index >= 15 is 0 Å². The lowest BCUT2D eigenvalue weighted by Crippen LogP contribution is -2.39. The van der Waals surface area contributed by atoms with Crippen LogP contribution in [0.15, 0.2) is 42.7 Å². The van der Waals surface area contributed by atoms with Crippen molar-refractivity contribution in [3.05, 3.63) is 54.2 Å². The summed E-state index contributed by atoms with van der Waals surface area (Å²) in [5.74, 6) is 0.473. The molecule has 1 aliphatic heterocycles. The van der Waals surface area contributed by atoms with Gasteiger partial charge in [-0.1, -0.05) is 18.2 Å². The fraction of sp³-hybridized carbons (Fsp3) is 0.316. The minimum absolute atomic E-state index is 0.0782. The number of fused-ring (bicyclic) bond motifs is 1. The van der Waals surface area contributed by atoms with Crippen molar-refractivity contribution < 1.29 is 9.18 Å². The van der Waals surface area contributed by atoms with E-state index in [0.29, 0.717) is 24.1 Å². The van der Waals surface area contributed by atoms with Gasteiger partial charge in [0.25, 0.3) is 5.91 Å². The van der Waals surface area contributed by atoms with Gasteiger partial charge in [0.05, 0.1) is 12.4 Å². The van der Waals surface area contributed by atoms with E-state index < -0.39 is 5.82 Å². The third kappa shape index (κ3) is 3.51. The Morgan fingerprint density at radius 3 is 2.69 bits per heavy atom. The van der Waals surface area contributed by atoms with Crippen LogP contribution in [0.25, 0.3) is 10.9 Å². The largest absolute Gasteiger partial charge is 0.351 e. The van der Waals surface area contributed by atoms with E-state index in [-0.39, 0.29) is 5.91 Å². The molecule has 2 N–H and O–H groups in total. The van der Waals surface area contributed by atoms with Gasteiger partial charge < -0.3 is 15.2 Å². The van der Waals surface area contributed by atoms with E-state index in [9.17, 15) is 9.18 Å². The molecule has 1 amide bonds. The maximum Gasteiger partial charge on any atom is 0.267 e. The number of H-pyrrole nitrogens is 1. The molecule has 2 aromatic heterocycles. The number of rotatable bonds is 4. The molecule has 0 unspecified atom stereocenters. The lowest BCUT2D eigenvalue weighted by atomic mass is 9.97. The Labute approximate surface area is 150 Å². The fourth-order valence-electron chi connectivity index (χ4n) is 3.33. The number of benzene rings is 1. The van der Waals surface area contributed by atoms with Gasteiger partial charge in [-0.05, 0) is 30.9 Å². The molecule has 1 fully saturated rings. The number of aromatic amines is 1. The second-order valence-electron chi connectivity index (χ2n) is 6.61. The van der Waals surface area contributed by atoms with Crippen LogP contribution in [0.2, 0.25) is 0 Å². The first-order valence-corrected chi connectivity index (χ1v) is 8.77. The van der Waals surface area contributed by atoms with Crippen molar-refractivity contribution in [3.8, 4) is 0 Å². The normalized spacial score (nSPS) is 15.3. The highest BCUT2D eigenvalue weighted by atomic mass is 19.1. The number of amides is 1. The first-order chi connectivity index (χ1) is 12.7. The number of piperidine rings is 1. The number of aromatic nitrogens is 3. The number of carbonyl (C=O) groups excluding carboxylic acids is 1. The Bertz CT molecular complexity index is 867. The van der Waals surface area contributed by atoms with E-state index in [1.165, 1.54) is 12.4 Å². The predicted octanol–water partition coefficient (Wildman–Crippen LogP) is 2.74. The molecule has 0 atom stereocenters. The molecule has 0 bridgehead atoms. The average Bonchev–Trinajstić information content (AvgIpc) is 3.11. The molecule has 3 aromatic rings. The third-order valence-corrected chi connectivity index (χ3v) is 4.83. The summed E-state index contributed by atoms with van der Waals surface area (Å²) in [6.45, 7) is 2.25. The smallest absolute Gasteiger partial charge is 0.267 e. The van der Waals surface area contributed by atoms with Gasteiger partial charge in [0.15, 0.2) is 5.82 Å². The highest BCUT2D eigenvalue weighted by molar-refractivity contribution is 5.97. The van der Waals surface area contributed by atoms with Gasteiger partial charge in [0.1, 0.15) is 5.69 Å². The van der Waals surface area contributed by atoms with E-state index in [1.807, 2.05) is 30.3 Å². The number of nitrogens with zero attached hydrogens (tertiary/aromatic N) is 3. The van der Waals surface area contributed by atoms with Gasteiger partial charge in [-0.15, -0.1) is 0 Å². The molecule has 0 spiro atoms. The molecular formula is C19H20FN5O. The molecule has 3 heterocycles. The highest BCUT2D eigenvalue weighted by Crippen LogP contribution is 2.20. The second-order valence-corrected chi connectivity index (χ2v) is 6.61. The van der Waals surface area contributed by atoms with Crippen molar-refractivity contribution in [2.24, 2.45) is 5.92 Å². The van der Waals surface area contributed by atoms with Crippen LogP contribution in [0.4, 0.5) is 10.3 Å². The van der Waals surface area contributed by atoms with Crippen molar-refractivity contribution in [1.82, 2.24) is 20.3 Å². The van der Waals surface area contributed by atoms with Crippen LogP contribution in [0.5, 0.6) is 0 Å². The summed E-state index contributed by atoms with van der Waals surface area (Å²) in [5.41, 5.74) is 1.55. The Kier molecular flexibility index (Phi) is 4.51. The molecule has 26 heavy (non-hydrogen) atoms. The minimum atomic E-state index is -0.427. The minimum Gasteiger partial charge on any atom is -0.351 e. The van der Waals surface area contributed by atoms with E-state index in [1.54, 1.807) is 0 Å². The van der Waals surface area contributed by atoms with E-state index in [4.69, 9.17) is 0 Å². The number of hydrogen-bond donors (Lipinski definition) is 2. The lowest BCUT2D eigenvalue weighted by Gasteiger charge is -2.31. The maximum absolute atomic E-state index is 12.9. The van der Waals surface area contributed by atoms with Crippen LogP contribution in [-0.2, 0) is 0 Å². The Morgan fingerprint density at radius 2 is 1.96 bits per heavy atom. The van der Waals surface area contributed by atoms with Crippen LogP contribution >= 0.6 is 0 Å². The Balaban J connectivity index is 1.29. The van der Waals surface area contributed by atoms with Gasteiger partial charge in [-0.25, -0.2) is 14.4 Å². The standard InChI is InChI=1S/C19H20FN5O/c20-15-11-22-19(23-12-15)25-7-5-13(6-8-25)10-21-18(26)17-9-14-3-1-2-4-16(14)24-17/h1-4,9,11-13,24H,5-8,10H2,(H,21,26). The van der Waals surface area contributed by atoms with Gasteiger partial charge in [0.2, 0.25) is 5.95 Å². The topological polar surface area (TPSA) is 73.9 Å². The summed E-state index contributed by atoms with van der Waals surface area (Å²) < 4.78 is 12.9. The highest BCUT2D eigenvalue weighted by Gasteiger charge is 2.21. The van der Waals surface area contributed by atoms with Crippen LogP contribution in [0.3, 0.4) is 0 Å². The van der Waals surface area contributed by atoms with Crippen molar-refractivity contribution >= 4 is 22.8 Å². The monoisotopic (exact) mass is 353 g/mol. The number of halogens is 1. The van der Waals surface area contributed by atoms with Crippen LogP contribution in [0.1, 0.15) is 23.3 Å². The summed E-state index contributed by atoms with van der Waals surface area (Å²) in [4.78, 5) is 25.6. The summed E-state index contributed by atoms with van der Waals surface area (Å²) >= 11 is 0. The van der Waals surface area contributed by atoms with Crippen molar-refractivity contribution in [2.75, 3.05) is 24.5 Å². The third-order valence-electron chi connectivity index (χ3n) is 4.83. The number of nitrogens with one attached hydrogen (secondary N) is 2. The van der Waals surface area contributed by atoms with Gasteiger partial charge in [-0.2, -0.15) is 0 Å². The Hall–Kier alpha value is -2.96. The molecule has 1 aliphatic rings. The number of anilines is 1. The van der Waals surface area contributed by atoms with E-state index in [0.717, 1.165) is 36.8 Å². The molecule has 1 aromatic carbocycles. The summed E-state index contributed by atoms with van der Waals surface area (Å²) in [7, 11) is 0. The summed E-state index contributed by atoms with van der Waals surface area (Å²) in [6.07, 6.45) is 4.26.